The predicted molar refractivity (Wildman–Crippen MR) is 79.3 cm³/mol. The van der Waals surface area contributed by atoms with Gasteiger partial charge in [0.05, 0.1) is 5.69 Å². The van der Waals surface area contributed by atoms with Gasteiger partial charge in [0, 0.05) is 51.9 Å². The summed E-state index contributed by atoms with van der Waals surface area (Å²) < 4.78 is 0. The minimum absolute atomic E-state index is 0.259. The van der Waals surface area contributed by atoms with Crippen LogP contribution in [0.3, 0.4) is 0 Å². The van der Waals surface area contributed by atoms with Crippen LogP contribution in [0, 0.1) is 0 Å². The van der Waals surface area contributed by atoms with Gasteiger partial charge in [-0.3, -0.25) is 9.78 Å². The van der Waals surface area contributed by atoms with E-state index < -0.39 is 0 Å². The molecule has 0 spiro atoms. The summed E-state index contributed by atoms with van der Waals surface area (Å²) in [4.78, 5) is 20.7. The van der Waals surface area contributed by atoms with Gasteiger partial charge < -0.3 is 15.1 Å². The number of nitrogens with zero attached hydrogens (tertiary/aromatic N) is 3. The van der Waals surface area contributed by atoms with Gasteiger partial charge in [-0.25, -0.2) is 0 Å². The standard InChI is InChI=1S/C15H24N4O/c1-2-18-9-11-19(12-10-18)15(20)6-8-16-13-14-5-3-4-7-17-14/h3-5,7,16H,2,6,8-13H2,1H3. The van der Waals surface area contributed by atoms with Crippen molar-refractivity contribution >= 4 is 5.91 Å². The lowest BCUT2D eigenvalue weighted by molar-refractivity contribution is -0.132. The second kappa shape index (κ2) is 7.97. The second-order valence-electron chi connectivity index (χ2n) is 5.06. The largest absolute Gasteiger partial charge is 0.340 e. The Morgan fingerprint density at radius 3 is 2.75 bits per heavy atom. The van der Waals surface area contributed by atoms with Gasteiger partial charge in [0.2, 0.25) is 5.91 Å². The van der Waals surface area contributed by atoms with E-state index in [1.165, 1.54) is 0 Å². The lowest BCUT2D eigenvalue weighted by atomic mass is 10.2. The third-order valence-corrected chi connectivity index (χ3v) is 3.72. The fraction of sp³-hybridized carbons (Fsp3) is 0.600. The van der Waals surface area contributed by atoms with Crippen molar-refractivity contribution in [2.75, 3.05) is 39.3 Å². The van der Waals surface area contributed by atoms with Gasteiger partial charge in [0.15, 0.2) is 0 Å². The summed E-state index contributed by atoms with van der Waals surface area (Å²) in [6.07, 6.45) is 2.36. The number of likely N-dealkylation sites (N-methyl/N-ethyl adjacent to an activating group) is 1. The summed E-state index contributed by atoms with van der Waals surface area (Å²) in [6.45, 7) is 8.42. The number of rotatable bonds is 6. The maximum Gasteiger partial charge on any atom is 0.223 e. The van der Waals surface area contributed by atoms with Crippen molar-refractivity contribution in [1.82, 2.24) is 20.1 Å². The smallest absolute Gasteiger partial charge is 0.223 e. The highest BCUT2D eigenvalue weighted by Crippen LogP contribution is 2.03. The molecule has 2 rings (SSSR count). The molecule has 0 bridgehead atoms. The van der Waals surface area contributed by atoms with Crippen molar-refractivity contribution in [3.63, 3.8) is 0 Å². The number of pyridine rings is 1. The van der Waals surface area contributed by atoms with Crippen LogP contribution in [0.4, 0.5) is 0 Å². The summed E-state index contributed by atoms with van der Waals surface area (Å²) in [7, 11) is 0. The maximum absolute atomic E-state index is 12.1. The summed E-state index contributed by atoms with van der Waals surface area (Å²) in [5.41, 5.74) is 1.01. The van der Waals surface area contributed by atoms with Gasteiger partial charge in [0.25, 0.3) is 0 Å². The van der Waals surface area contributed by atoms with Crippen molar-refractivity contribution in [2.45, 2.75) is 19.9 Å². The molecule has 1 aromatic heterocycles. The van der Waals surface area contributed by atoms with Crippen LogP contribution >= 0.6 is 0 Å². The van der Waals surface area contributed by atoms with Gasteiger partial charge in [-0.05, 0) is 18.7 Å². The number of nitrogens with one attached hydrogen (secondary N) is 1. The molecule has 0 aliphatic carbocycles. The number of carbonyl (C=O) groups is 1. The van der Waals surface area contributed by atoms with E-state index in [2.05, 4.69) is 22.1 Å². The van der Waals surface area contributed by atoms with E-state index in [1.54, 1.807) is 6.20 Å². The number of piperazine rings is 1. The number of amides is 1. The van der Waals surface area contributed by atoms with Gasteiger partial charge in [0.1, 0.15) is 0 Å². The van der Waals surface area contributed by atoms with Crippen molar-refractivity contribution in [3.05, 3.63) is 30.1 Å². The average molecular weight is 276 g/mol. The Labute approximate surface area is 121 Å². The molecule has 0 saturated carbocycles. The van der Waals surface area contributed by atoms with Crippen LogP contribution in [0.5, 0.6) is 0 Å². The zero-order valence-electron chi connectivity index (χ0n) is 12.2. The van der Waals surface area contributed by atoms with Crippen LogP contribution in [0.1, 0.15) is 19.0 Å². The lowest BCUT2D eigenvalue weighted by Crippen LogP contribution is -2.48. The van der Waals surface area contributed by atoms with Crippen molar-refractivity contribution < 1.29 is 4.79 Å². The molecular formula is C15H24N4O. The molecule has 0 radical (unpaired) electrons. The van der Waals surface area contributed by atoms with Gasteiger partial charge in [-0.1, -0.05) is 13.0 Å². The molecule has 20 heavy (non-hydrogen) atoms. The highest BCUT2D eigenvalue weighted by atomic mass is 16.2. The van der Waals surface area contributed by atoms with Crippen molar-refractivity contribution in [1.29, 1.82) is 0 Å². The Balaban J connectivity index is 1.61. The highest BCUT2D eigenvalue weighted by molar-refractivity contribution is 5.76. The van der Waals surface area contributed by atoms with Gasteiger partial charge in [-0.15, -0.1) is 0 Å². The number of carbonyl (C=O) groups excluding carboxylic acids is 1. The monoisotopic (exact) mass is 276 g/mol. The fourth-order valence-corrected chi connectivity index (χ4v) is 2.39. The van der Waals surface area contributed by atoms with E-state index in [4.69, 9.17) is 0 Å². The minimum atomic E-state index is 0.259. The summed E-state index contributed by atoms with van der Waals surface area (Å²) in [5.74, 6) is 0.259. The van der Waals surface area contributed by atoms with E-state index in [0.717, 1.165) is 45.0 Å². The Morgan fingerprint density at radius 2 is 2.10 bits per heavy atom. The SMILES string of the molecule is CCN1CCN(C(=O)CCNCc2ccccn2)CC1. The topological polar surface area (TPSA) is 48.5 Å². The molecule has 5 heteroatoms. The predicted octanol–water partition coefficient (Wildman–Crippen LogP) is 0.725. The third kappa shape index (κ3) is 4.58. The Morgan fingerprint density at radius 1 is 1.30 bits per heavy atom. The van der Waals surface area contributed by atoms with E-state index >= 15 is 0 Å². The molecule has 1 saturated heterocycles. The molecule has 0 aromatic carbocycles. The molecule has 1 aromatic rings. The first-order valence-electron chi connectivity index (χ1n) is 7.40. The zero-order valence-corrected chi connectivity index (χ0v) is 12.2. The first kappa shape index (κ1) is 14.9. The van der Waals surface area contributed by atoms with Crippen LogP contribution in [0.15, 0.2) is 24.4 Å². The van der Waals surface area contributed by atoms with Gasteiger partial charge in [-0.2, -0.15) is 0 Å². The first-order valence-corrected chi connectivity index (χ1v) is 7.40. The Bertz CT molecular complexity index is 402. The molecule has 110 valence electrons. The van der Waals surface area contributed by atoms with Crippen molar-refractivity contribution in [2.24, 2.45) is 0 Å². The number of hydrogen-bond acceptors (Lipinski definition) is 4. The molecule has 1 aliphatic rings. The highest BCUT2D eigenvalue weighted by Gasteiger charge is 2.19. The molecule has 1 fully saturated rings. The molecule has 2 heterocycles. The zero-order chi connectivity index (χ0) is 14.2. The average Bonchev–Trinajstić information content (AvgIpc) is 2.52. The normalized spacial score (nSPS) is 16.4. The fourth-order valence-electron chi connectivity index (χ4n) is 2.39. The quantitative estimate of drug-likeness (QED) is 0.778. The summed E-state index contributed by atoms with van der Waals surface area (Å²) >= 11 is 0. The Kier molecular flexibility index (Phi) is 5.95. The minimum Gasteiger partial charge on any atom is -0.340 e. The molecule has 1 N–H and O–H groups in total. The molecule has 1 amide bonds. The summed E-state index contributed by atoms with van der Waals surface area (Å²) in [6, 6.07) is 5.87. The second-order valence-corrected chi connectivity index (χ2v) is 5.06. The molecule has 5 nitrogen and oxygen atoms in total. The third-order valence-electron chi connectivity index (χ3n) is 3.72. The number of hydrogen-bond donors (Lipinski definition) is 1. The number of aromatic nitrogens is 1. The van der Waals surface area contributed by atoms with Crippen LogP contribution in [-0.2, 0) is 11.3 Å². The van der Waals surface area contributed by atoms with Crippen LogP contribution in [0.2, 0.25) is 0 Å². The van der Waals surface area contributed by atoms with Gasteiger partial charge >= 0.3 is 0 Å². The molecule has 0 unspecified atom stereocenters. The molecule has 0 atom stereocenters. The van der Waals surface area contributed by atoms with Crippen LogP contribution < -0.4 is 5.32 Å². The van der Waals surface area contributed by atoms with E-state index in [9.17, 15) is 4.79 Å². The van der Waals surface area contributed by atoms with Crippen molar-refractivity contribution in [3.8, 4) is 0 Å². The summed E-state index contributed by atoms with van der Waals surface area (Å²) in [5, 5.41) is 3.27. The van der Waals surface area contributed by atoms with Crippen LogP contribution in [0.25, 0.3) is 0 Å². The molecular weight excluding hydrogens is 252 g/mol. The Hall–Kier alpha value is -1.46. The maximum atomic E-state index is 12.1. The van der Waals surface area contributed by atoms with E-state index in [1.807, 2.05) is 23.1 Å². The van der Waals surface area contributed by atoms with E-state index in [0.29, 0.717) is 13.0 Å². The molecule has 1 aliphatic heterocycles. The van der Waals surface area contributed by atoms with Crippen LogP contribution in [-0.4, -0.2) is 60.0 Å². The first-order chi connectivity index (χ1) is 9.79. The lowest BCUT2D eigenvalue weighted by Gasteiger charge is -2.34. The van der Waals surface area contributed by atoms with E-state index in [-0.39, 0.29) is 5.91 Å².